The molecule has 0 aliphatic carbocycles. The smallest absolute Gasteiger partial charge is 0.317 e. The van der Waals surface area contributed by atoms with Crippen LogP contribution in [0, 0.1) is 0 Å². The number of carboxylic acid groups (broad SMARTS) is 1. The first-order chi connectivity index (χ1) is 8.11. The summed E-state index contributed by atoms with van der Waals surface area (Å²) < 4.78 is 5.17. The van der Waals surface area contributed by atoms with Crippen molar-refractivity contribution in [2.75, 3.05) is 32.8 Å². The summed E-state index contributed by atoms with van der Waals surface area (Å²) in [7, 11) is 0. The minimum absolute atomic E-state index is 0.0748. The van der Waals surface area contributed by atoms with Gasteiger partial charge in [-0.2, -0.15) is 0 Å². The number of rotatable bonds is 9. The van der Waals surface area contributed by atoms with Crippen molar-refractivity contribution in [2.45, 2.75) is 26.7 Å². The summed E-state index contributed by atoms with van der Waals surface area (Å²) in [6.07, 6.45) is 0.523. The highest BCUT2D eigenvalue weighted by atomic mass is 16.5. The lowest BCUT2D eigenvalue weighted by Gasteiger charge is -2.21. The fraction of sp³-hybridized carbons (Fsp3) is 0.818. The number of nitrogens with zero attached hydrogens (tertiary/aromatic N) is 1. The zero-order valence-corrected chi connectivity index (χ0v) is 10.6. The van der Waals surface area contributed by atoms with Crippen LogP contribution in [-0.4, -0.2) is 54.9 Å². The van der Waals surface area contributed by atoms with Crippen LogP contribution in [0.2, 0.25) is 0 Å². The molecule has 0 saturated heterocycles. The Kier molecular flexibility index (Phi) is 9.14. The van der Waals surface area contributed by atoms with Gasteiger partial charge in [-0.05, 0) is 20.3 Å². The highest BCUT2D eigenvalue weighted by Crippen LogP contribution is 1.92. The van der Waals surface area contributed by atoms with E-state index in [4.69, 9.17) is 9.84 Å². The van der Waals surface area contributed by atoms with E-state index in [0.717, 1.165) is 0 Å². The van der Waals surface area contributed by atoms with Crippen molar-refractivity contribution in [3.63, 3.8) is 0 Å². The van der Waals surface area contributed by atoms with Crippen molar-refractivity contribution in [3.8, 4) is 0 Å². The maximum absolute atomic E-state index is 11.6. The molecule has 0 spiro atoms. The molecule has 0 heterocycles. The topological polar surface area (TPSA) is 78.9 Å². The molecule has 0 aliphatic heterocycles. The second-order valence-corrected chi connectivity index (χ2v) is 3.51. The Hall–Kier alpha value is -1.30. The molecule has 0 fully saturated rings. The third-order valence-corrected chi connectivity index (χ3v) is 2.22. The minimum Gasteiger partial charge on any atom is -0.481 e. The van der Waals surface area contributed by atoms with Crippen LogP contribution in [0.4, 0.5) is 4.79 Å². The van der Waals surface area contributed by atoms with E-state index in [-0.39, 0.29) is 12.5 Å². The van der Waals surface area contributed by atoms with Crippen LogP contribution >= 0.6 is 0 Å². The molecule has 100 valence electrons. The molecule has 0 aliphatic rings. The zero-order valence-electron chi connectivity index (χ0n) is 10.6. The standard InChI is InChI=1S/C11H22N2O4/c1-3-13(8-9-17-4-2)11(16)12-7-5-6-10(14)15/h3-9H2,1-2H3,(H,12,16)(H,14,15). The number of urea groups is 1. The predicted molar refractivity (Wildman–Crippen MR) is 64.0 cm³/mol. The average molecular weight is 246 g/mol. The molecule has 2 N–H and O–H groups in total. The lowest BCUT2D eigenvalue weighted by atomic mass is 10.3. The number of aliphatic carboxylic acids is 1. The van der Waals surface area contributed by atoms with Crippen molar-refractivity contribution in [1.29, 1.82) is 0 Å². The maximum Gasteiger partial charge on any atom is 0.317 e. The highest BCUT2D eigenvalue weighted by molar-refractivity contribution is 5.74. The summed E-state index contributed by atoms with van der Waals surface area (Å²) in [5.41, 5.74) is 0. The van der Waals surface area contributed by atoms with Crippen LogP contribution in [0.1, 0.15) is 26.7 Å². The van der Waals surface area contributed by atoms with Crippen molar-refractivity contribution >= 4 is 12.0 Å². The molecule has 2 amide bonds. The van der Waals surface area contributed by atoms with E-state index in [1.807, 2.05) is 13.8 Å². The van der Waals surface area contributed by atoms with E-state index < -0.39 is 5.97 Å². The van der Waals surface area contributed by atoms with Crippen LogP contribution in [0.5, 0.6) is 0 Å². The highest BCUT2D eigenvalue weighted by Gasteiger charge is 2.10. The summed E-state index contributed by atoms with van der Waals surface area (Å²) in [5.74, 6) is -0.844. The Morgan fingerprint density at radius 2 is 2.06 bits per heavy atom. The predicted octanol–water partition coefficient (Wildman–Crippen LogP) is 0.919. The van der Waals surface area contributed by atoms with Gasteiger partial charge in [-0.25, -0.2) is 4.79 Å². The number of amides is 2. The molecule has 0 rings (SSSR count). The van der Waals surface area contributed by atoms with Crippen LogP contribution in [0.25, 0.3) is 0 Å². The molecule has 0 radical (unpaired) electrons. The van der Waals surface area contributed by atoms with Gasteiger partial charge in [0.2, 0.25) is 0 Å². The third-order valence-electron chi connectivity index (χ3n) is 2.22. The number of hydrogen-bond donors (Lipinski definition) is 2. The lowest BCUT2D eigenvalue weighted by molar-refractivity contribution is -0.137. The second-order valence-electron chi connectivity index (χ2n) is 3.51. The summed E-state index contributed by atoms with van der Waals surface area (Å²) in [6.45, 7) is 6.50. The van der Waals surface area contributed by atoms with Gasteiger partial charge in [0.15, 0.2) is 0 Å². The van der Waals surface area contributed by atoms with Gasteiger partial charge in [-0.3, -0.25) is 4.79 Å². The summed E-state index contributed by atoms with van der Waals surface area (Å²) >= 11 is 0. The van der Waals surface area contributed by atoms with Crippen LogP contribution in [-0.2, 0) is 9.53 Å². The number of carboxylic acids is 1. The van der Waals surface area contributed by atoms with Gasteiger partial charge in [-0.1, -0.05) is 0 Å². The van der Waals surface area contributed by atoms with Crippen LogP contribution in [0.3, 0.4) is 0 Å². The summed E-state index contributed by atoms with van der Waals surface area (Å²) in [6, 6.07) is -0.169. The van der Waals surface area contributed by atoms with E-state index in [1.54, 1.807) is 4.90 Å². The third kappa shape index (κ3) is 8.50. The molecule has 6 nitrogen and oxygen atoms in total. The van der Waals surface area contributed by atoms with Crippen LogP contribution in [0.15, 0.2) is 0 Å². The van der Waals surface area contributed by atoms with E-state index in [0.29, 0.717) is 39.3 Å². The van der Waals surface area contributed by atoms with Gasteiger partial charge in [0.25, 0.3) is 0 Å². The molecule has 17 heavy (non-hydrogen) atoms. The average Bonchev–Trinajstić information content (AvgIpc) is 2.30. The molecule has 0 bridgehead atoms. The zero-order chi connectivity index (χ0) is 13.1. The Morgan fingerprint density at radius 3 is 2.59 bits per heavy atom. The van der Waals surface area contributed by atoms with Gasteiger partial charge in [0, 0.05) is 32.7 Å². The Balaban J connectivity index is 3.71. The van der Waals surface area contributed by atoms with Crippen molar-refractivity contribution in [3.05, 3.63) is 0 Å². The maximum atomic E-state index is 11.6. The number of ether oxygens (including phenoxy) is 1. The van der Waals surface area contributed by atoms with Gasteiger partial charge in [-0.15, -0.1) is 0 Å². The van der Waals surface area contributed by atoms with E-state index >= 15 is 0 Å². The number of hydrogen-bond acceptors (Lipinski definition) is 3. The molecular formula is C11H22N2O4. The number of nitrogens with one attached hydrogen (secondary N) is 1. The number of carbonyl (C=O) groups excluding carboxylic acids is 1. The van der Waals surface area contributed by atoms with E-state index in [1.165, 1.54) is 0 Å². The molecule has 0 unspecified atom stereocenters. The molecule has 6 heteroatoms. The van der Waals surface area contributed by atoms with E-state index in [2.05, 4.69) is 5.32 Å². The fourth-order valence-corrected chi connectivity index (χ4v) is 1.27. The second kappa shape index (κ2) is 9.89. The molecule has 0 aromatic heterocycles. The summed E-state index contributed by atoms with van der Waals surface area (Å²) in [5, 5.41) is 11.1. The molecule has 0 saturated carbocycles. The molecule has 0 atom stereocenters. The first kappa shape index (κ1) is 15.7. The van der Waals surface area contributed by atoms with E-state index in [9.17, 15) is 9.59 Å². The number of carbonyl (C=O) groups is 2. The number of likely N-dealkylation sites (N-methyl/N-ethyl adjacent to an activating group) is 1. The Bertz CT molecular complexity index is 234. The molecule has 0 aromatic rings. The van der Waals surface area contributed by atoms with Gasteiger partial charge < -0.3 is 20.1 Å². The summed E-state index contributed by atoms with van der Waals surface area (Å²) in [4.78, 5) is 23.5. The normalized spacial score (nSPS) is 10.0. The fourth-order valence-electron chi connectivity index (χ4n) is 1.27. The quantitative estimate of drug-likeness (QED) is 0.593. The van der Waals surface area contributed by atoms with Crippen molar-refractivity contribution in [1.82, 2.24) is 10.2 Å². The first-order valence-electron chi connectivity index (χ1n) is 5.94. The van der Waals surface area contributed by atoms with Gasteiger partial charge in [0.1, 0.15) is 0 Å². The van der Waals surface area contributed by atoms with Gasteiger partial charge >= 0.3 is 12.0 Å². The van der Waals surface area contributed by atoms with Crippen molar-refractivity contribution in [2.24, 2.45) is 0 Å². The Labute approximate surface area is 102 Å². The first-order valence-corrected chi connectivity index (χ1v) is 5.94. The minimum atomic E-state index is -0.844. The largest absolute Gasteiger partial charge is 0.481 e. The van der Waals surface area contributed by atoms with Crippen LogP contribution < -0.4 is 5.32 Å². The SMILES string of the molecule is CCOCCN(CC)C(=O)NCCCC(=O)O. The van der Waals surface area contributed by atoms with Gasteiger partial charge in [0.05, 0.1) is 6.61 Å². The molecular weight excluding hydrogens is 224 g/mol. The monoisotopic (exact) mass is 246 g/mol. The molecule has 0 aromatic carbocycles. The lowest BCUT2D eigenvalue weighted by Crippen LogP contribution is -2.42. The Morgan fingerprint density at radius 1 is 1.35 bits per heavy atom. The van der Waals surface area contributed by atoms with Crippen molar-refractivity contribution < 1.29 is 19.4 Å².